The minimum Gasteiger partial charge on any atom is -0.486 e. The van der Waals surface area contributed by atoms with E-state index in [0.717, 1.165) is 24.2 Å². The standard InChI is InChI=1S/C22H17NO3S2/c24-22-12-21(28(25)23-22)14-4-6-16(7-5-14)26-20-9-8-18-17(2-1-3-19(18)20)15-10-11-27-13-15/h1-7,10-13,20H,8-9H2,(H,23,24)/t20-,28?/m1/s1. The highest BCUT2D eigenvalue weighted by molar-refractivity contribution is 7.93. The van der Waals surface area contributed by atoms with Gasteiger partial charge in [0.1, 0.15) is 11.9 Å². The zero-order valence-electron chi connectivity index (χ0n) is 14.9. The summed E-state index contributed by atoms with van der Waals surface area (Å²) in [6, 6.07) is 16.0. The Hall–Kier alpha value is -2.70. The molecule has 0 spiro atoms. The van der Waals surface area contributed by atoms with Gasteiger partial charge < -0.3 is 4.74 Å². The van der Waals surface area contributed by atoms with Gasteiger partial charge in [0, 0.05) is 6.08 Å². The van der Waals surface area contributed by atoms with E-state index in [1.165, 1.54) is 28.3 Å². The van der Waals surface area contributed by atoms with Gasteiger partial charge in [-0.25, -0.2) is 4.21 Å². The van der Waals surface area contributed by atoms with Gasteiger partial charge in [0.25, 0.3) is 5.91 Å². The maximum Gasteiger partial charge on any atom is 0.257 e. The van der Waals surface area contributed by atoms with Crippen LogP contribution in [0.3, 0.4) is 0 Å². The minimum atomic E-state index is -1.48. The first-order valence-electron chi connectivity index (χ1n) is 9.04. The van der Waals surface area contributed by atoms with Crippen molar-refractivity contribution in [2.75, 3.05) is 0 Å². The van der Waals surface area contributed by atoms with Gasteiger partial charge in [-0.1, -0.05) is 30.3 Å². The van der Waals surface area contributed by atoms with E-state index in [1.807, 2.05) is 24.3 Å². The summed E-state index contributed by atoms with van der Waals surface area (Å²) >= 11 is 1.71. The molecule has 0 saturated carbocycles. The van der Waals surface area contributed by atoms with Crippen molar-refractivity contribution >= 4 is 33.1 Å². The molecule has 0 saturated heterocycles. The molecule has 4 nitrogen and oxygen atoms in total. The molecule has 1 aliphatic carbocycles. The molecule has 1 amide bonds. The summed E-state index contributed by atoms with van der Waals surface area (Å²) in [7, 11) is -1.48. The monoisotopic (exact) mass is 407 g/mol. The number of carbonyl (C=O) groups excluding carboxylic acids is 1. The van der Waals surface area contributed by atoms with Crippen molar-refractivity contribution in [1.29, 1.82) is 0 Å². The maximum absolute atomic E-state index is 11.9. The zero-order valence-corrected chi connectivity index (χ0v) is 16.5. The largest absolute Gasteiger partial charge is 0.486 e. The molecule has 140 valence electrons. The van der Waals surface area contributed by atoms with E-state index in [0.29, 0.717) is 4.91 Å². The van der Waals surface area contributed by atoms with E-state index in [1.54, 1.807) is 11.3 Å². The Morgan fingerprint density at radius 3 is 2.64 bits per heavy atom. The van der Waals surface area contributed by atoms with Crippen LogP contribution in [0.15, 0.2) is 65.4 Å². The second-order valence-corrected chi connectivity index (χ2v) is 8.76. The second-order valence-electron chi connectivity index (χ2n) is 6.80. The average Bonchev–Trinajstić information content (AvgIpc) is 3.43. The zero-order chi connectivity index (χ0) is 19.1. The molecule has 2 atom stereocenters. The third-order valence-electron chi connectivity index (χ3n) is 5.12. The molecule has 0 fully saturated rings. The van der Waals surface area contributed by atoms with Crippen LogP contribution in [0.1, 0.15) is 29.2 Å². The molecule has 6 heteroatoms. The maximum atomic E-state index is 11.9. The van der Waals surface area contributed by atoms with E-state index in [4.69, 9.17) is 4.74 Å². The normalized spacial score (nSPS) is 20.6. The summed E-state index contributed by atoms with van der Waals surface area (Å²) in [6.45, 7) is 0. The average molecular weight is 408 g/mol. The van der Waals surface area contributed by atoms with Crippen molar-refractivity contribution in [2.24, 2.45) is 0 Å². The number of amides is 1. The number of hydrogen-bond donors (Lipinski definition) is 1. The first-order chi connectivity index (χ1) is 13.7. The van der Waals surface area contributed by atoms with Gasteiger partial charge in [-0.2, -0.15) is 11.3 Å². The summed E-state index contributed by atoms with van der Waals surface area (Å²) in [4.78, 5) is 11.9. The lowest BCUT2D eigenvalue weighted by Crippen LogP contribution is -2.16. The van der Waals surface area contributed by atoms with Gasteiger partial charge in [0.15, 0.2) is 11.0 Å². The molecular formula is C22H17NO3S2. The van der Waals surface area contributed by atoms with E-state index in [9.17, 15) is 9.00 Å². The third-order valence-corrected chi connectivity index (χ3v) is 6.94. The SMILES string of the molecule is O=C1C=C(c2ccc(O[C@@H]3CCc4c(-c5ccsc5)cccc43)cc2)S(=O)N1. The molecule has 2 aliphatic rings. The van der Waals surface area contributed by atoms with E-state index >= 15 is 0 Å². The highest BCUT2D eigenvalue weighted by Gasteiger charge is 2.27. The van der Waals surface area contributed by atoms with Gasteiger partial charge in [-0.05, 0) is 69.6 Å². The van der Waals surface area contributed by atoms with Crippen molar-refractivity contribution in [1.82, 2.24) is 4.72 Å². The molecule has 28 heavy (non-hydrogen) atoms. The van der Waals surface area contributed by atoms with Crippen LogP contribution in [-0.4, -0.2) is 10.1 Å². The minimum absolute atomic E-state index is 0.0301. The number of nitrogens with one attached hydrogen (secondary N) is 1. The lowest BCUT2D eigenvalue weighted by atomic mass is 9.99. The van der Waals surface area contributed by atoms with E-state index in [-0.39, 0.29) is 12.0 Å². The molecule has 3 aromatic rings. The first-order valence-corrected chi connectivity index (χ1v) is 11.1. The number of rotatable bonds is 4. The number of hydrogen-bond acceptors (Lipinski definition) is 4. The molecule has 1 aromatic heterocycles. The lowest BCUT2D eigenvalue weighted by Gasteiger charge is -2.16. The fourth-order valence-electron chi connectivity index (χ4n) is 3.83. The highest BCUT2D eigenvalue weighted by Crippen LogP contribution is 2.40. The van der Waals surface area contributed by atoms with Gasteiger partial charge in [0.05, 0.1) is 4.91 Å². The number of ether oxygens (including phenoxy) is 1. The molecular weight excluding hydrogens is 390 g/mol. The van der Waals surface area contributed by atoms with Crippen LogP contribution in [-0.2, 0) is 22.2 Å². The van der Waals surface area contributed by atoms with Crippen LogP contribution in [0.5, 0.6) is 5.75 Å². The van der Waals surface area contributed by atoms with Crippen LogP contribution in [0, 0.1) is 0 Å². The predicted octanol–water partition coefficient (Wildman–Crippen LogP) is 4.62. The Morgan fingerprint density at radius 1 is 1.07 bits per heavy atom. The summed E-state index contributed by atoms with van der Waals surface area (Å²) in [5.74, 6) is 0.448. The Morgan fingerprint density at radius 2 is 1.93 bits per heavy atom. The van der Waals surface area contributed by atoms with Crippen molar-refractivity contribution in [3.8, 4) is 16.9 Å². The van der Waals surface area contributed by atoms with Gasteiger partial charge in [-0.3, -0.25) is 9.52 Å². The second kappa shape index (κ2) is 7.04. The van der Waals surface area contributed by atoms with Crippen LogP contribution < -0.4 is 9.46 Å². The molecule has 2 aromatic carbocycles. The van der Waals surface area contributed by atoms with E-state index in [2.05, 4.69) is 39.7 Å². The summed E-state index contributed by atoms with van der Waals surface area (Å²) < 4.78 is 20.5. The van der Waals surface area contributed by atoms with Crippen LogP contribution in [0.2, 0.25) is 0 Å². The van der Waals surface area contributed by atoms with Gasteiger partial charge in [0.2, 0.25) is 0 Å². The molecule has 1 unspecified atom stereocenters. The van der Waals surface area contributed by atoms with Crippen molar-refractivity contribution in [3.05, 3.63) is 82.1 Å². The highest BCUT2D eigenvalue weighted by atomic mass is 32.2. The van der Waals surface area contributed by atoms with Gasteiger partial charge in [-0.15, -0.1) is 0 Å². The molecule has 0 radical (unpaired) electrons. The first kappa shape index (κ1) is 17.4. The number of fused-ring (bicyclic) bond motifs is 1. The Balaban J connectivity index is 1.38. The van der Waals surface area contributed by atoms with Crippen molar-refractivity contribution in [3.63, 3.8) is 0 Å². The van der Waals surface area contributed by atoms with Crippen molar-refractivity contribution in [2.45, 2.75) is 18.9 Å². The molecule has 1 aliphatic heterocycles. The van der Waals surface area contributed by atoms with Crippen LogP contribution >= 0.6 is 11.3 Å². The fourth-order valence-corrected chi connectivity index (χ4v) is 5.40. The van der Waals surface area contributed by atoms with Crippen LogP contribution in [0.4, 0.5) is 0 Å². The number of carbonyl (C=O) groups is 1. The quantitative estimate of drug-likeness (QED) is 0.687. The Bertz CT molecular complexity index is 1100. The summed E-state index contributed by atoms with van der Waals surface area (Å²) in [6.07, 6.45) is 3.36. The van der Waals surface area contributed by atoms with Crippen LogP contribution in [0.25, 0.3) is 16.0 Å². The van der Waals surface area contributed by atoms with Gasteiger partial charge >= 0.3 is 0 Å². The molecule has 5 rings (SSSR count). The Kier molecular flexibility index (Phi) is 4.37. The lowest BCUT2D eigenvalue weighted by molar-refractivity contribution is -0.114. The third kappa shape index (κ3) is 3.08. The smallest absolute Gasteiger partial charge is 0.257 e. The molecule has 1 N–H and O–H groups in total. The Labute approximate surface area is 169 Å². The fraction of sp³-hybridized carbons (Fsp3) is 0.136. The summed E-state index contributed by atoms with van der Waals surface area (Å²) in [5, 5.41) is 4.29. The topological polar surface area (TPSA) is 55.4 Å². The summed E-state index contributed by atoms with van der Waals surface area (Å²) in [5.41, 5.74) is 5.96. The number of benzene rings is 2. The predicted molar refractivity (Wildman–Crippen MR) is 112 cm³/mol. The van der Waals surface area contributed by atoms with E-state index < -0.39 is 11.0 Å². The van der Waals surface area contributed by atoms with Crippen molar-refractivity contribution < 1.29 is 13.7 Å². The molecule has 0 bridgehead atoms. The molecule has 2 heterocycles. The number of thiophene rings is 1.